The molecule has 0 aliphatic rings. The molecule has 0 bridgehead atoms. The third-order valence-electron chi connectivity index (χ3n) is 2.90. The number of nitrogens with one attached hydrogen (secondary N) is 1. The van der Waals surface area contributed by atoms with Crippen molar-refractivity contribution >= 4 is 21.6 Å². The molecule has 2 aromatic rings. The molecule has 1 aromatic heterocycles. The molecule has 0 atom stereocenters. The van der Waals surface area contributed by atoms with E-state index >= 15 is 0 Å². The van der Waals surface area contributed by atoms with Gasteiger partial charge in [-0.05, 0) is 31.5 Å². The summed E-state index contributed by atoms with van der Waals surface area (Å²) in [6.45, 7) is 4.42. The number of aryl methyl sites for hydroxylation is 2. The number of sulfonamides is 1. The molecule has 0 unspecified atom stereocenters. The molecule has 20 heavy (non-hydrogen) atoms. The minimum atomic E-state index is -3.63. The highest BCUT2D eigenvalue weighted by Crippen LogP contribution is 2.20. The van der Waals surface area contributed by atoms with Gasteiger partial charge in [-0.25, -0.2) is 13.1 Å². The molecule has 0 saturated heterocycles. The zero-order valence-corrected chi connectivity index (χ0v) is 12.7. The summed E-state index contributed by atoms with van der Waals surface area (Å²) in [6.07, 6.45) is 1.56. The predicted molar refractivity (Wildman–Crippen MR) is 75.9 cm³/mol. The zero-order valence-electron chi connectivity index (χ0n) is 11.2. The van der Waals surface area contributed by atoms with Gasteiger partial charge in [0, 0.05) is 11.6 Å². The number of nitrogens with zero attached hydrogens (tertiary/aromatic N) is 3. The van der Waals surface area contributed by atoms with Gasteiger partial charge in [-0.15, -0.1) is 10.2 Å². The number of halogens is 1. The smallest absolute Gasteiger partial charge is 0.241 e. The Morgan fingerprint density at radius 2 is 2.15 bits per heavy atom. The summed E-state index contributed by atoms with van der Waals surface area (Å²) in [6, 6.07) is 4.76. The maximum Gasteiger partial charge on any atom is 0.241 e. The van der Waals surface area contributed by atoms with Crippen molar-refractivity contribution in [3.8, 4) is 0 Å². The summed E-state index contributed by atoms with van der Waals surface area (Å²) in [7, 11) is -3.63. The summed E-state index contributed by atoms with van der Waals surface area (Å²) in [5.41, 5.74) is 0.638. The Bertz CT molecular complexity index is 712. The van der Waals surface area contributed by atoms with Crippen molar-refractivity contribution in [3.05, 3.63) is 40.9 Å². The van der Waals surface area contributed by atoms with E-state index in [1.165, 1.54) is 6.07 Å². The first kappa shape index (κ1) is 15.0. The molecule has 0 amide bonds. The molecule has 1 aromatic carbocycles. The van der Waals surface area contributed by atoms with Crippen molar-refractivity contribution in [1.82, 2.24) is 19.5 Å². The third kappa shape index (κ3) is 3.17. The van der Waals surface area contributed by atoms with Gasteiger partial charge in [-0.2, -0.15) is 0 Å². The van der Waals surface area contributed by atoms with Crippen LogP contribution in [0, 0.1) is 6.92 Å². The van der Waals surface area contributed by atoms with Crippen molar-refractivity contribution in [1.29, 1.82) is 0 Å². The number of benzene rings is 1. The van der Waals surface area contributed by atoms with Crippen LogP contribution in [0.15, 0.2) is 29.4 Å². The number of aromatic nitrogens is 3. The fraction of sp³-hybridized carbons (Fsp3) is 0.333. The van der Waals surface area contributed by atoms with Gasteiger partial charge in [-0.3, -0.25) is 0 Å². The van der Waals surface area contributed by atoms with Crippen LogP contribution < -0.4 is 4.72 Å². The average molecular weight is 315 g/mol. The van der Waals surface area contributed by atoms with Crippen LogP contribution in [0.25, 0.3) is 0 Å². The first-order chi connectivity index (χ1) is 9.44. The second-order valence-corrected chi connectivity index (χ2v) is 6.44. The Balaban J connectivity index is 2.21. The van der Waals surface area contributed by atoms with Gasteiger partial charge < -0.3 is 4.57 Å². The lowest BCUT2D eigenvalue weighted by molar-refractivity contribution is 0.574. The molecular weight excluding hydrogens is 300 g/mol. The average Bonchev–Trinajstić information content (AvgIpc) is 2.86. The van der Waals surface area contributed by atoms with Crippen molar-refractivity contribution < 1.29 is 8.42 Å². The van der Waals surface area contributed by atoms with Gasteiger partial charge in [-0.1, -0.05) is 17.7 Å². The molecular formula is C12H15ClN4O2S. The highest BCUT2D eigenvalue weighted by molar-refractivity contribution is 7.89. The zero-order chi connectivity index (χ0) is 14.8. The van der Waals surface area contributed by atoms with Crippen LogP contribution in [0.4, 0.5) is 0 Å². The normalized spacial score (nSPS) is 11.8. The molecule has 0 aliphatic heterocycles. The summed E-state index contributed by atoms with van der Waals surface area (Å²) in [5.74, 6) is 0.566. The van der Waals surface area contributed by atoms with Crippen LogP contribution in [0.3, 0.4) is 0 Å². The van der Waals surface area contributed by atoms with Gasteiger partial charge in [0.2, 0.25) is 10.0 Å². The minimum absolute atomic E-state index is 0.0854. The van der Waals surface area contributed by atoms with E-state index in [-0.39, 0.29) is 11.4 Å². The van der Waals surface area contributed by atoms with E-state index in [1.54, 1.807) is 30.0 Å². The molecule has 1 heterocycles. The molecule has 2 rings (SSSR count). The second-order valence-electron chi connectivity index (χ2n) is 4.27. The molecule has 0 saturated carbocycles. The van der Waals surface area contributed by atoms with Gasteiger partial charge in [0.15, 0.2) is 0 Å². The van der Waals surface area contributed by atoms with Crippen molar-refractivity contribution in [3.63, 3.8) is 0 Å². The summed E-state index contributed by atoms with van der Waals surface area (Å²) in [4.78, 5) is 0.174. The third-order valence-corrected chi connectivity index (χ3v) is 4.67. The first-order valence-electron chi connectivity index (χ1n) is 6.06. The lowest BCUT2D eigenvalue weighted by atomic mass is 10.2. The van der Waals surface area contributed by atoms with Gasteiger partial charge >= 0.3 is 0 Å². The van der Waals surface area contributed by atoms with E-state index in [4.69, 9.17) is 11.6 Å². The molecule has 108 valence electrons. The Morgan fingerprint density at radius 1 is 1.40 bits per heavy atom. The van der Waals surface area contributed by atoms with E-state index in [1.807, 2.05) is 6.92 Å². The fourth-order valence-corrected chi connectivity index (χ4v) is 3.27. The Hall–Kier alpha value is -1.44. The molecule has 6 nitrogen and oxygen atoms in total. The predicted octanol–water partition coefficient (Wildman–Crippen LogP) is 1.74. The summed E-state index contributed by atoms with van der Waals surface area (Å²) < 4.78 is 28.8. The highest BCUT2D eigenvalue weighted by atomic mass is 35.5. The number of hydrogen-bond acceptors (Lipinski definition) is 4. The number of rotatable bonds is 5. The maximum atomic E-state index is 12.3. The van der Waals surface area contributed by atoms with Crippen LogP contribution >= 0.6 is 11.6 Å². The van der Waals surface area contributed by atoms with Gasteiger partial charge in [0.25, 0.3) is 0 Å². The van der Waals surface area contributed by atoms with Crippen molar-refractivity contribution in [2.45, 2.75) is 31.8 Å². The fourth-order valence-electron chi connectivity index (χ4n) is 1.78. The maximum absolute atomic E-state index is 12.3. The van der Waals surface area contributed by atoms with Gasteiger partial charge in [0.05, 0.1) is 11.4 Å². The molecule has 0 spiro atoms. The molecule has 0 aliphatic carbocycles. The van der Waals surface area contributed by atoms with Crippen molar-refractivity contribution in [2.75, 3.05) is 0 Å². The second kappa shape index (κ2) is 5.90. The molecule has 8 heteroatoms. The summed E-state index contributed by atoms with van der Waals surface area (Å²) >= 11 is 5.85. The molecule has 0 radical (unpaired) electrons. The molecule has 1 N–H and O–H groups in total. The Kier molecular flexibility index (Phi) is 4.42. The van der Waals surface area contributed by atoms with E-state index in [2.05, 4.69) is 14.9 Å². The van der Waals surface area contributed by atoms with E-state index in [0.717, 1.165) is 0 Å². The van der Waals surface area contributed by atoms with Crippen LogP contribution in [0.1, 0.15) is 18.3 Å². The first-order valence-corrected chi connectivity index (χ1v) is 7.92. The van der Waals surface area contributed by atoms with Gasteiger partial charge in [0.1, 0.15) is 12.2 Å². The quantitative estimate of drug-likeness (QED) is 0.912. The number of hydrogen-bond donors (Lipinski definition) is 1. The van der Waals surface area contributed by atoms with Crippen LogP contribution in [0.5, 0.6) is 0 Å². The van der Waals surface area contributed by atoms with E-state index < -0.39 is 10.0 Å². The minimum Gasteiger partial charge on any atom is -0.317 e. The van der Waals surface area contributed by atoms with E-state index in [9.17, 15) is 8.42 Å². The topological polar surface area (TPSA) is 76.9 Å². The Morgan fingerprint density at radius 3 is 2.85 bits per heavy atom. The lowest BCUT2D eigenvalue weighted by Crippen LogP contribution is -2.25. The van der Waals surface area contributed by atoms with Crippen molar-refractivity contribution in [2.24, 2.45) is 0 Å². The van der Waals surface area contributed by atoms with Crippen LogP contribution in [-0.2, 0) is 23.1 Å². The monoisotopic (exact) mass is 314 g/mol. The SMILES string of the molecule is CCn1cnnc1CNS(=O)(=O)c1cc(Cl)ccc1C. The summed E-state index contributed by atoms with van der Waals surface area (Å²) in [5, 5.41) is 8.02. The van der Waals surface area contributed by atoms with E-state index in [0.29, 0.717) is 23.0 Å². The lowest BCUT2D eigenvalue weighted by Gasteiger charge is -2.09. The van der Waals surface area contributed by atoms with Crippen LogP contribution in [0.2, 0.25) is 5.02 Å². The van der Waals surface area contributed by atoms with Crippen LogP contribution in [-0.4, -0.2) is 23.2 Å². The molecule has 0 fully saturated rings. The highest BCUT2D eigenvalue weighted by Gasteiger charge is 2.18. The Labute approximate surface area is 122 Å². The standard InChI is InChI=1S/C12H15ClN4O2S/c1-3-17-8-14-16-12(17)7-15-20(18,19)11-6-10(13)5-4-9(11)2/h4-6,8,15H,3,7H2,1-2H3. The largest absolute Gasteiger partial charge is 0.317 e.